The molecule has 0 radical (unpaired) electrons. The van der Waals surface area contributed by atoms with E-state index in [4.69, 9.17) is 29.0 Å². The third-order valence-corrected chi connectivity index (χ3v) is 29.7. The summed E-state index contributed by atoms with van der Waals surface area (Å²) in [4.78, 5) is 44.6. The number of carbonyl (C=O) groups excluding carboxylic acids is 2. The molecule has 8 rings (SSSR count). The van der Waals surface area contributed by atoms with Gasteiger partial charge in [-0.3, -0.25) is 9.59 Å². The molecule has 93 heavy (non-hydrogen) atoms. The number of carbonyl (C=O) groups is 2. The standard InChI is InChI=1S/C85H152O8/c1-59(15-12-17-62(4)72-36-40-81(56-72)78-33-29-70(51-78)53-84(86)88-8)21-23-66(20-14-19-64(6)74-35-39-80(55-74)76-31-27-68(49-76)43-45-92-90-10)25-26-67(48-61(3)47-65(7)75-38-42-83(58-75)77-32-28-69(50-77)44-46-93-91-11)24-22-60(2)16-13-18-63(5)73-37-41-82(57-73)79-34-30-71(52-79)54-85(87)89-9/h59-83H,12-58H2,1-11H3/t59-,60-,61?,62+,63+,64+,65+,66-,67-,68+,69+,70-,71-,72-,73-,74-,75-,76?,77?,78?,79?,80-,81-,82-,83-/m0/s1. The summed E-state index contributed by atoms with van der Waals surface area (Å²) in [5, 5.41) is 0. The minimum Gasteiger partial charge on any atom is -0.469 e. The van der Waals surface area contributed by atoms with Gasteiger partial charge < -0.3 is 9.47 Å². The Labute approximate surface area is 574 Å². The van der Waals surface area contributed by atoms with E-state index in [1.54, 1.807) is 28.4 Å². The highest BCUT2D eigenvalue weighted by molar-refractivity contribution is 5.69. The summed E-state index contributed by atoms with van der Waals surface area (Å²) in [6, 6.07) is 0. The minimum absolute atomic E-state index is 0.00742. The lowest BCUT2D eigenvalue weighted by molar-refractivity contribution is -0.274. The maximum absolute atomic E-state index is 12.1. The Kier molecular flexibility index (Phi) is 34.6. The van der Waals surface area contributed by atoms with Gasteiger partial charge in [0.1, 0.15) is 0 Å². The van der Waals surface area contributed by atoms with Crippen molar-refractivity contribution in [3.63, 3.8) is 0 Å². The van der Waals surface area contributed by atoms with Crippen LogP contribution in [0.25, 0.3) is 0 Å². The third-order valence-electron chi connectivity index (χ3n) is 29.7. The zero-order chi connectivity index (χ0) is 66.1. The molecule has 0 spiro atoms. The van der Waals surface area contributed by atoms with Gasteiger partial charge in [-0.05, 0) is 315 Å². The van der Waals surface area contributed by atoms with Crippen LogP contribution in [0.3, 0.4) is 0 Å². The largest absolute Gasteiger partial charge is 0.469 e. The van der Waals surface area contributed by atoms with E-state index in [0.29, 0.717) is 24.7 Å². The first kappa shape index (κ1) is 77.5. The number of hydrogen-bond acceptors (Lipinski definition) is 8. The summed E-state index contributed by atoms with van der Waals surface area (Å²) < 4.78 is 10.1. The molecule has 8 aliphatic carbocycles. The lowest BCUT2D eigenvalue weighted by atomic mass is 9.77. The number of rotatable bonds is 45. The monoisotopic (exact) mass is 1300 g/mol. The highest BCUT2D eigenvalue weighted by atomic mass is 17.2. The predicted octanol–water partition coefficient (Wildman–Crippen LogP) is 23.7. The Balaban J connectivity index is 0.835. The number of esters is 2. The van der Waals surface area contributed by atoms with E-state index in [1.165, 1.54) is 276 Å². The zero-order valence-electron chi connectivity index (χ0n) is 62.9. The summed E-state index contributed by atoms with van der Waals surface area (Å²) >= 11 is 0. The van der Waals surface area contributed by atoms with Gasteiger partial charge in [-0.15, -0.1) is 0 Å². The fraction of sp³-hybridized carbons (Fsp3) is 0.976. The van der Waals surface area contributed by atoms with Crippen molar-refractivity contribution in [2.75, 3.05) is 41.7 Å². The molecule has 8 heteroatoms. The van der Waals surface area contributed by atoms with Crippen molar-refractivity contribution in [2.45, 2.75) is 337 Å². The van der Waals surface area contributed by atoms with Gasteiger partial charge in [0, 0.05) is 12.8 Å². The van der Waals surface area contributed by atoms with Gasteiger partial charge in [-0.1, -0.05) is 158 Å². The fourth-order valence-corrected chi connectivity index (χ4v) is 23.4. The van der Waals surface area contributed by atoms with E-state index >= 15 is 0 Å². The van der Waals surface area contributed by atoms with Crippen LogP contribution in [0.5, 0.6) is 0 Å². The smallest absolute Gasteiger partial charge is 0.305 e. The summed E-state index contributed by atoms with van der Waals surface area (Å²) in [5.41, 5.74) is 0. The second-order valence-corrected chi connectivity index (χ2v) is 36.2. The maximum Gasteiger partial charge on any atom is 0.305 e. The summed E-state index contributed by atoms with van der Waals surface area (Å²) in [6.07, 6.45) is 61.7. The molecule has 8 nitrogen and oxygen atoms in total. The Bertz CT molecular complexity index is 2030. The van der Waals surface area contributed by atoms with Crippen molar-refractivity contribution in [3.8, 4) is 0 Å². The quantitative estimate of drug-likeness (QED) is 0.0258. The van der Waals surface area contributed by atoms with Gasteiger partial charge in [-0.25, -0.2) is 19.6 Å². The van der Waals surface area contributed by atoms with Crippen LogP contribution in [0.1, 0.15) is 337 Å². The van der Waals surface area contributed by atoms with Gasteiger partial charge in [-0.2, -0.15) is 0 Å². The second-order valence-electron chi connectivity index (χ2n) is 36.2. The number of ether oxygens (including phenoxy) is 2. The molecule has 0 bridgehead atoms. The first-order chi connectivity index (χ1) is 45.1. The summed E-state index contributed by atoms with van der Waals surface area (Å²) in [6.45, 7) is 20.0. The fourth-order valence-electron chi connectivity index (χ4n) is 23.4. The highest BCUT2D eigenvalue weighted by Crippen LogP contribution is 2.53. The van der Waals surface area contributed by atoms with E-state index in [-0.39, 0.29) is 11.9 Å². The van der Waals surface area contributed by atoms with E-state index in [1.807, 2.05) is 0 Å². The van der Waals surface area contributed by atoms with Crippen LogP contribution in [0, 0.1) is 148 Å². The molecular weight excluding hydrogens is 1150 g/mol. The molecule has 0 aliphatic heterocycles. The molecule has 0 heterocycles. The van der Waals surface area contributed by atoms with Crippen LogP contribution in [-0.2, 0) is 38.6 Å². The molecule has 0 aromatic rings. The van der Waals surface area contributed by atoms with Crippen molar-refractivity contribution in [3.05, 3.63) is 0 Å². The number of methoxy groups -OCH3 is 2. The first-order valence-corrected chi connectivity index (χ1v) is 41.5. The van der Waals surface area contributed by atoms with Crippen molar-refractivity contribution >= 4 is 11.9 Å². The molecule has 8 saturated carbocycles. The van der Waals surface area contributed by atoms with Crippen LogP contribution < -0.4 is 0 Å². The van der Waals surface area contributed by atoms with Crippen LogP contribution in [0.15, 0.2) is 0 Å². The van der Waals surface area contributed by atoms with Crippen molar-refractivity contribution in [1.29, 1.82) is 0 Å². The van der Waals surface area contributed by atoms with Gasteiger partial charge in [0.2, 0.25) is 0 Å². The van der Waals surface area contributed by atoms with Gasteiger partial charge >= 0.3 is 11.9 Å². The van der Waals surface area contributed by atoms with Crippen LogP contribution >= 0.6 is 0 Å². The van der Waals surface area contributed by atoms with Crippen LogP contribution in [0.2, 0.25) is 0 Å². The average Bonchev–Trinajstić information content (AvgIpc) is 2.37. The lowest BCUT2D eigenvalue weighted by Gasteiger charge is -2.29. The van der Waals surface area contributed by atoms with E-state index in [9.17, 15) is 9.59 Å². The average molecular weight is 1300 g/mol. The Morgan fingerprint density at radius 2 is 0.634 bits per heavy atom. The Morgan fingerprint density at radius 1 is 0.312 bits per heavy atom. The van der Waals surface area contributed by atoms with Gasteiger partial charge in [0.05, 0.1) is 41.7 Å². The molecule has 5 unspecified atom stereocenters. The molecule has 0 aromatic carbocycles. The second kappa shape index (κ2) is 41.5. The van der Waals surface area contributed by atoms with Gasteiger partial charge in [0.25, 0.3) is 0 Å². The molecule has 0 aromatic heterocycles. The normalized spacial score (nSPS) is 34.4. The van der Waals surface area contributed by atoms with Crippen LogP contribution in [-0.4, -0.2) is 53.6 Å². The molecule has 0 N–H and O–H groups in total. The molecular formula is C85H152O8. The minimum atomic E-state index is -0.00752. The van der Waals surface area contributed by atoms with E-state index < -0.39 is 0 Å². The highest BCUT2D eigenvalue weighted by Gasteiger charge is 2.42. The summed E-state index contributed by atoms with van der Waals surface area (Å²) in [5.74, 6) is 21.4. The Hall–Kier alpha value is -1.22. The Morgan fingerprint density at radius 3 is 1.03 bits per heavy atom. The molecule has 25 atom stereocenters. The van der Waals surface area contributed by atoms with E-state index in [2.05, 4.69) is 48.5 Å². The van der Waals surface area contributed by atoms with Crippen molar-refractivity contribution < 1.29 is 38.6 Å². The molecule has 8 aliphatic rings. The summed E-state index contributed by atoms with van der Waals surface area (Å²) in [7, 11) is 6.40. The maximum atomic E-state index is 12.1. The van der Waals surface area contributed by atoms with Gasteiger partial charge in [0.15, 0.2) is 0 Å². The van der Waals surface area contributed by atoms with Crippen LogP contribution in [0.4, 0.5) is 0 Å². The molecule has 0 saturated heterocycles. The SMILES string of the molecule is COOCC[C@H]1CCC([C@H]2CC[C@H]([C@H](C)CCC[C@@H](CC[C@@H](C)CCC[C@@H](C)[C@H]3CC[C@H](C4CC[C@H](CC(=O)OC)C4)C3)CC[C@H](CC[C@@H](C)CCC[C@@H](C)[C@H]3CC[C@H](C4CC[C@H](CC(=O)OC)C4)C3)CC(C)C[C@@H](C)[C@H]3CC[C@H](C4CC[C@H](CCOOC)C4)C3)C2)C1. The molecule has 540 valence electrons. The van der Waals surface area contributed by atoms with Crippen molar-refractivity contribution in [1.82, 2.24) is 0 Å². The van der Waals surface area contributed by atoms with E-state index in [0.717, 1.165) is 149 Å². The predicted molar refractivity (Wildman–Crippen MR) is 385 cm³/mol. The third kappa shape index (κ3) is 26.0. The molecule has 0 amide bonds. The number of hydrogen-bond donors (Lipinski definition) is 0. The first-order valence-electron chi connectivity index (χ1n) is 41.5. The molecule has 8 fully saturated rings. The zero-order valence-corrected chi connectivity index (χ0v) is 62.9. The topological polar surface area (TPSA) is 89.5 Å². The van der Waals surface area contributed by atoms with Crippen molar-refractivity contribution in [2.24, 2.45) is 148 Å². The lowest BCUT2D eigenvalue weighted by Crippen LogP contribution is -2.17.